The monoisotopic (exact) mass is 713 g/mol. The minimum Gasteiger partial charge on any atom is -0.390 e. The quantitative estimate of drug-likeness (QED) is 0.0714. The lowest BCUT2D eigenvalue weighted by Gasteiger charge is -2.21. The Balaban J connectivity index is 1.56. The molecule has 1 aromatic carbocycles. The van der Waals surface area contributed by atoms with E-state index in [2.05, 4.69) is 23.1 Å². The summed E-state index contributed by atoms with van der Waals surface area (Å²) in [6.45, 7) is 2.46. The van der Waals surface area contributed by atoms with Gasteiger partial charge in [0, 0.05) is 24.2 Å². The van der Waals surface area contributed by atoms with Gasteiger partial charge in [-0.25, -0.2) is 13.7 Å². The lowest BCUT2D eigenvalue weighted by Crippen LogP contribution is -2.26. The number of ether oxygens (including phenoxy) is 2. The van der Waals surface area contributed by atoms with Crippen LogP contribution < -0.4 is 11.3 Å². The summed E-state index contributed by atoms with van der Waals surface area (Å²) in [5.74, 6) is -0.489. The molecule has 1 aliphatic heterocycles. The van der Waals surface area contributed by atoms with Crippen LogP contribution in [0, 0.1) is 16.0 Å². The fourth-order valence-electron chi connectivity index (χ4n) is 4.80. The van der Waals surface area contributed by atoms with Crippen LogP contribution in [0.25, 0.3) is 11.0 Å². The van der Waals surface area contributed by atoms with Gasteiger partial charge in [0.25, 0.3) is 11.2 Å². The Morgan fingerprint density at radius 1 is 1.17 bits per heavy atom. The molecule has 3 heterocycles. The first-order chi connectivity index (χ1) is 21.3. The number of nitro groups is 1. The number of rotatable bonds is 14. The number of benzene rings is 1. The highest BCUT2D eigenvalue weighted by Crippen LogP contribution is 2.66. The van der Waals surface area contributed by atoms with Crippen LogP contribution in [0.2, 0.25) is 0 Å². The third kappa shape index (κ3) is 8.72. The van der Waals surface area contributed by atoms with Crippen LogP contribution in [0.15, 0.2) is 35.3 Å². The van der Waals surface area contributed by atoms with E-state index in [9.17, 15) is 43.5 Å². The minimum absolute atomic E-state index is 0.0115. The van der Waals surface area contributed by atoms with E-state index in [-0.39, 0.29) is 47.2 Å². The number of H-pyrrole nitrogens is 1. The van der Waals surface area contributed by atoms with E-state index in [1.807, 2.05) is 0 Å². The zero-order chi connectivity index (χ0) is 34.2. The van der Waals surface area contributed by atoms with Gasteiger partial charge in [-0.2, -0.15) is 13.6 Å². The van der Waals surface area contributed by atoms with Crippen molar-refractivity contribution >= 4 is 46.1 Å². The number of nitro benzene ring substituents is 1. The number of phosphoric ester groups is 1. The van der Waals surface area contributed by atoms with Crippen LogP contribution in [0.3, 0.4) is 0 Å². The number of aliphatic hydroxyl groups excluding tert-OH is 1. The SMILES string of the molecule is CC(C)C(OCc1cn([C@H]2C[C@@H](O)[C@@H](COP(=O)(O)OP(=O)(O)OP(=O)(O)O)O2)c2nc(N)[nH]c(=O)c12)c1ccccc1[N+](=O)[O-]. The zero-order valence-electron chi connectivity index (χ0n) is 23.9. The summed E-state index contributed by atoms with van der Waals surface area (Å²) in [4.78, 5) is 67.0. The van der Waals surface area contributed by atoms with E-state index < -0.39 is 65.1 Å². The Morgan fingerprint density at radius 3 is 2.48 bits per heavy atom. The van der Waals surface area contributed by atoms with E-state index >= 15 is 0 Å². The Morgan fingerprint density at radius 2 is 1.85 bits per heavy atom. The number of nitrogen functional groups attached to an aromatic ring is 1. The molecular weight excluding hydrogens is 683 g/mol. The van der Waals surface area contributed by atoms with Crippen LogP contribution in [-0.2, 0) is 42.9 Å². The van der Waals surface area contributed by atoms with Gasteiger partial charge in [0.15, 0.2) is 5.65 Å². The van der Waals surface area contributed by atoms with Crippen molar-refractivity contribution in [1.29, 1.82) is 0 Å². The molecule has 0 aliphatic carbocycles. The van der Waals surface area contributed by atoms with Crippen molar-refractivity contribution in [3.8, 4) is 0 Å². The van der Waals surface area contributed by atoms with Crippen LogP contribution in [0.1, 0.15) is 43.7 Å². The molecule has 24 heteroatoms. The number of para-hydroxylation sites is 1. The maximum absolute atomic E-state index is 13.0. The first-order valence-electron chi connectivity index (χ1n) is 13.1. The molecular formula is C22H30N5O16P3. The number of aromatic nitrogens is 3. The molecule has 0 radical (unpaired) electrons. The first kappa shape index (κ1) is 36.0. The van der Waals surface area contributed by atoms with Gasteiger partial charge in [-0.3, -0.25) is 24.4 Å². The number of hydrogen-bond donors (Lipinski definition) is 7. The molecule has 1 saturated heterocycles. The van der Waals surface area contributed by atoms with Gasteiger partial charge in [-0.15, -0.1) is 0 Å². The average Bonchev–Trinajstić information content (AvgIpc) is 3.45. The average molecular weight is 713 g/mol. The van der Waals surface area contributed by atoms with Crippen molar-refractivity contribution in [2.45, 2.75) is 51.4 Å². The van der Waals surface area contributed by atoms with E-state index in [4.69, 9.17) is 25.0 Å². The van der Waals surface area contributed by atoms with E-state index in [1.54, 1.807) is 26.0 Å². The molecule has 0 bridgehead atoms. The Hall–Kier alpha value is -2.87. The van der Waals surface area contributed by atoms with Crippen LogP contribution in [0.4, 0.5) is 11.6 Å². The Bertz CT molecular complexity index is 1810. The van der Waals surface area contributed by atoms with Crippen molar-refractivity contribution in [2.75, 3.05) is 12.3 Å². The van der Waals surface area contributed by atoms with Gasteiger partial charge < -0.3 is 44.5 Å². The van der Waals surface area contributed by atoms with E-state index in [0.29, 0.717) is 5.56 Å². The number of fused-ring (bicyclic) bond motifs is 1. The number of phosphoric acid groups is 3. The molecule has 254 valence electrons. The van der Waals surface area contributed by atoms with Gasteiger partial charge in [-0.05, 0) is 12.0 Å². The number of aromatic amines is 1. The number of hydrogen-bond acceptors (Lipinski definition) is 14. The summed E-state index contributed by atoms with van der Waals surface area (Å²) in [5.41, 5.74) is 5.59. The second-order valence-corrected chi connectivity index (χ2v) is 14.7. The van der Waals surface area contributed by atoms with Crippen molar-refractivity contribution in [3.63, 3.8) is 0 Å². The largest absolute Gasteiger partial charge is 0.490 e. The van der Waals surface area contributed by atoms with E-state index in [0.717, 1.165) is 0 Å². The molecule has 8 N–H and O–H groups in total. The fraction of sp³-hybridized carbons (Fsp3) is 0.455. The summed E-state index contributed by atoms with van der Waals surface area (Å²) in [6.07, 6.45) is -3.33. The number of nitrogens with zero attached hydrogens (tertiary/aromatic N) is 3. The highest BCUT2D eigenvalue weighted by Gasteiger charge is 2.43. The second-order valence-electron chi connectivity index (χ2n) is 10.3. The highest BCUT2D eigenvalue weighted by molar-refractivity contribution is 7.66. The molecule has 3 aromatic rings. The summed E-state index contributed by atoms with van der Waals surface area (Å²) < 4.78 is 59.6. The lowest BCUT2D eigenvalue weighted by molar-refractivity contribution is -0.386. The van der Waals surface area contributed by atoms with Gasteiger partial charge in [0.05, 0.1) is 41.3 Å². The van der Waals surface area contributed by atoms with Gasteiger partial charge >= 0.3 is 23.5 Å². The number of anilines is 1. The standard InChI is InChI=1S/C22H30N5O16P3/c1-11(2)19(13-5-3-4-6-14(13)27(30)31)39-9-12-8-26(20-18(12)21(29)25-22(23)24-20)17-7-15(28)16(41-17)10-40-45(35,36)43-46(37,38)42-44(32,33)34/h3-6,8,11,15-17,19,28H,7,9-10H2,1-2H3,(H,35,36)(H,37,38)(H2,32,33,34)(H3,23,24,25,29)/t15-,16-,17-,19?/m1/s1. The topological polar surface area (TPSA) is 318 Å². The zero-order valence-corrected chi connectivity index (χ0v) is 26.6. The predicted octanol–water partition coefficient (Wildman–Crippen LogP) is 2.12. The van der Waals surface area contributed by atoms with Gasteiger partial charge in [0.1, 0.15) is 12.3 Å². The van der Waals surface area contributed by atoms with Gasteiger partial charge in [-0.1, -0.05) is 26.0 Å². The Kier molecular flexibility index (Phi) is 10.7. The predicted molar refractivity (Wildman–Crippen MR) is 155 cm³/mol. The first-order valence-corrected chi connectivity index (χ1v) is 17.6. The molecule has 6 atom stereocenters. The molecule has 21 nitrogen and oxygen atoms in total. The van der Waals surface area contributed by atoms with Crippen molar-refractivity contribution in [1.82, 2.24) is 14.5 Å². The van der Waals surface area contributed by atoms with Crippen molar-refractivity contribution in [3.05, 3.63) is 62.1 Å². The fourth-order valence-corrected chi connectivity index (χ4v) is 7.83. The summed E-state index contributed by atoms with van der Waals surface area (Å²) >= 11 is 0. The van der Waals surface area contributed by atoms with Gasteiger partial charge in [0.2, 0.25) is 5.95 Å². The molecule has 0 amide bonds. The number of aliphatic hydroxyl groups is 1. The molecule has 3 unspecified atom stereocenters. The second kappa shape index (κ2) is 13.7. The minimum atomic E-state index is -5.76. The molecule has 46 heavy (non-hydrogen) atoms. The van der Waals surface area contributed by atoms with Crippen molar-refractivity contribution in [2.24, 2.45) is 5.92 Å². The molecule has 4 rings (SSSR count). The molecule has 1 fully saturated rings. The maximum atomic E-state index is 13.0. The smallest absolute Gasteiger partial charge is 0.390 e. The molecule has 0 spiro atoms. The molecule has 0 saturated carbocycles. The summed E-state index contributed by atoms with van der Waals surface area (Å²) in [6, 6.07) is 6.07. The third-order valence-corrected chi connectivity index (χ3v) is 10.4. The number of nitrogens with one attached hydrogen (secondary N) is 1. The summed E-state index contributed by atoms with van der Waals surface area (Å²) in [5, 5.41) is 22.2. The van der Waals surface area contributed by atoms with Crippen LogP contribution >= 0.6 is 23.5 Å². The molecule has 1 aliphatic rings. The Labute approximate surface area is 258 Å². The maximum Gasteiger partial charge on any atom is 0.490 e. The normalized spacial score (nSPS) is 22.1. The van der Waals surface area contributed by atoms with Crippen LogP contribution in [0.5, 0.6) is 0 Å². The van der Waals surface area contributed by atoms with Crippen molar-refractivity contribution < 1.29 is 65.9 Å². The number of nitrogens with two attached hydrogens (primary N) is 1. The summed E-state index contributed by atoms with van der Waals surface area (Å²) in [7, 11) is -16.9. The lowest BCUT2D eigenvalue weighted by atomic mass is 9.97. The van der Waals surface area contributed by atoms with Crippen LogP contribution in [-0.4, -0.2) is 63.0 Å². The highest BCUT2D eigenvalue weighted by atomic mass is 31.3. The molecule has 2 aromatic heterocycles. The van der Waals surface area contributed by atoms with E-state index in [1.165, 1.54) is 22.9 Å². The third-order valence-electron chi connectivity index (χ3n) is 6.58.